The summed E-state index contributed by atoms with van der Waals surface area (Å²) in [6.07, 6.45) is -4.13. The minimum atomic E-state index is -4.49. The number of rotatable bonds is 2. The fraction of sp³-hybridized carbons (Fsp3) is 0.400. The van der Waals surface area contributed by atoms with Crippen molar-refractivity contribution in [3.8, 4) is 0 Å². The van der Waals surface area contributed by atoms with E-state index in [1.54, 1.807) is 6.92 Å². The minimum absolute atomic E-state index is 0.0142. The Morgan fingerprint density at radius 2 is 1.87 bits per heavy atom. The summed E-state index contributed by atoms with van der Waals surface area (Å²) < 4.78 is 49.8. The molecule has 84 valence electrons. The van der Waals surface area contributed by atoms with E-state index in [0.717, 1.165) is 12.1 Å². The van der Waals surface area contributed by atoms with Crippen molar-refractivity contribution in [2.24, 2.45) is 0 Å². The number of alkyl halides is 4. The molecule has 0 fully saturated rings. The zero-order chi connectivity index (χ0) is 11.6. The highest BCUT2D eigenvalue weighted by atomic mass is 79.9. The molecule has 1 atom stereocenters. The van der Waals surface area contributed by atoms with Crippen molar-refractivity contribution in [1.29, 1.82) is 0 Å². The van der Waals surface area contributed by atoms with Crippen LogP contribution in [0.15, 0.2) is 18.2 Å². The number of hydrogen-bond donors (Lipinski definition) is 0. The van der Waals surface area contributed by atoms with Gasteiger partial charge in [-0.3, -0.25) is 0 Å². The van der Waals surface area contributed by atoms with E-state index in [2.05, 4.69) is 15.9 Å². The molecule has 0 aliphatic rings. The summed E-state index contributed by atoms with van der Waals surface area (Å²) in [6.45, 7) is 1.79. The molecule has 0 aliphatic heterocycles. The van der Waals surface area contributed by atoms with Crippen LogP contribution in [0, 0.1) is 5.82 Å². The maximum Gasteiger partial charge on any atom is 0.416 e. The largest absolute Gasteiger partial charge is 0.416 e. The minimum Gasteiger partial charge on any atom is -0.207 e. The van der Waals surface area contributed by atoms with Crippen molar-refractivity contribution in [2.45, 2.75) is 24.3 Å². The summed E-state index contributed by atoms with van der Waals surface area (Å²) in [5, 5.41) is 0. The fourth-order valence-corrected chi connectivity index (χ4v) is 1.63. The van der Waals surface area contributed by atoms with Gasteiger partial charge >= 0.3 is 6.18 Å². The van der Waals surface area contributed by atoms with Crippen LogP contribution in [0.5, 0.6) is 0 Å². The fourth-order valence-electron chi connectivity index (χ4n) is 1.26. The molecular formula is C10H9BrF4. The average Bonchev–Trinajstić information content (AvgIpc) is 1.99. The molecular weight excluding hydrogens is 276 g/mol. The van der Waals surface area contributed by atoms with E-state index in [9.17, 15) is 17.6 Å². The summed E-state index contributed by atoms with van der Waals surface area (Å²) in [6, 6.07) is 2.59. The van der Waals surface area contributed by atoms with E-state index < -0.39 is 17.6 Å². The SMILES string of the molecule is CC(Br)Cc1cc(F)cc(C(F)(F)F)c1. The number of halogens is 5. The predicted molar refractivity (Wildman–Crippen MR) is 53.5 cm³/mol. The van der Waals surface area contributed by atoms with Crippen LogP contribution in [-0.2, 0) is 12.6 Å². The molecule has 0 nitrogen and oxygen atoms in total. The highest BCUT2D eigenvalue weighted by Gasteiger charge is 2.31. The molecule has 0 amide bonds. The molecule has 15 heavy (non-hydrogen) atoms. The van der Waals surface area contributed by atoms with Gasteiger partial charge in [0.1, 0.15) is 5.82 Å². The normalized spacial score (nSPS) is 14.0. The lowest BCUT2D eigenvalue weighted by molar-refractivity contribution is -0.137. The molecule has 0 aliphatic carbocycles. The van der Waals surface area contributed by atoms with Crippen LogP contribution in [0.1, 0.15) is 18.1 Å². The second-order valence-corrected chi connectivity index (χ2v) is 4.89. The van der Waals surface area contributed by atoms with Gasteiger partial charge in [-0.25, -0.2) is 4.39 Å². The van der Waals surface area contributed by atoms with Gasteiger partial charge in [-0.1, -0.05) is 22.9 Å². The van der Waals surface area contributed by atoms with E-state index in [1.807, 2.05) is 0 Å². The number of hydrogen-bond acceptors (Lipinski definition) is 0. The summed E-state index contributed by atoms with van der Waals surface area (Å²) in [5.74, 6) is -0.854. The summed E-state index contributed by atoms with van der Waals surface area (Å²) in [4.78, 5) is 0.0142. The molecule has 1 aromatic carbocycles. The van der Waals surface area contributed by atoms with Gasteiger partial charge in [0.2, 0.25) is 0 Å². The van der Waals surface area contributed by atoms with Gasteiger partial charge in [0, 0.05) is 4.83 Å². The van der Waals surface area contributed by atoms with Gasteiger partial charge in [0.25, 0.3) is 0 Å². The van der Waals surface area contributed by atoms with Crippen LogP contribution in [0.25, 0.3) is 0 Å². The van der Waals surface area contributed by atoms with Crippen molar-refractivity contribution in [3.63, 3.8) is 0 Å². The Bertz CT molecular complexity index is 344. The Kier molecular flexibility index (Phi) is 3.76. The van der Waals surface area contributed by atoms with E-state index in [1.165, 1.54) is 0 Å². The van der Waals surface area contributed by atoms with Crippen molar-refractivity contribution in [2.75, 3.05) is 0 Å². The van der Waals surface area contributed by atoms with Gasteiger partial charge in [0.05, 0.1) is 5.56 Å². The molecule has 1 rings (SSSR count). The first-order valence-electron chi connectivity index (χ1n) is 4.30. The first kappa shape index (κ1) is 12.5. The zero-order valence-electron chi connectivity index (χ0n) is 7.91. The van der Waals surface area contributed by atoms with Crippen molar-refractivity contribution >= 4 is 15.9 Å². The Morgan fingerprint density at radius 1 is 1.27 bits per heavy atom. The van der Waals surface area contributed by atoms with E-state index in [0.29, 0.717) is 18.1 Å². The molecule has 0 radical (unpaired) electrons. The Hall–Kier alpha value is -0.580. The van der Waals surface area contributed by atoms with Gasteiger partial charge in [0.15, 0.2) is 0 Å². The molecule has 0 saturated carbocycles. The second-order valence-electron chi connectivity index (χ2n) is 3.33. The molecule has 0 heterocycles. The second kappa shape index (κ2) is 4.51. The maximum atomic E-state index is 12.9. The van der Waals surface area contributed by atoms with E-state index >= 15 is 0 Å². The zero-order valence-corrected chi connectivity index (χ0v) is 9.49. The molecule has 0 bridgehead atoms. The predicted octanol–water partition coefficient (Wildman–Crippen LogP) is 4.17. The van der Waals surface area contributed by atoms with Crippen LogP contribution in [0.2, 0.25) is 0 Å². The molecule has 0 spiro atoms. The third-order valence-corrected chi connectivity index (χ3v) is 2.13. The molecule has 0 saturated heterocycles. The van der Waals surface area contributed by atoms with Crippen LogP contribution in [0.3, 0.4) is 0 Å². The Morgan fingerprint density at radius 3 is 2.33 bits per heavy atom. The molecule has 1 aromatic rings. The van der Waals surface area contributed by atoms with Crippen LogP contribution in [0.4, 0.5) is 17.6 Å². The molecule has 5 heteroatoms. The Balaban J connectivity index is 3.06. The third kappa shape index (κ3) is 3.81. The lowest BCUT2D eigenvalue weighted by Gasteiger charge is -2.10. The highest BCUT2D eigenvalue weighted by Crippen LogP contribution is 2.30. The molecule has 1 unspecified atom stereocenters. The molecule has 0 N–H and O–H groups in total. The highest BCUT2D eigenvalue weighted by molar-refractivity contribution is 9.09. The maximum absolute atomic E-state index is 12.9. The molecule has 0 aromatic heterocycles. The topological polar surface area (TPSA) is 0 Å². The van der Waals surface area contributed by atoms with Crippen LogP contribution < -0.4 is 0 Å². The quantitative estimate of drug-likeness (QED) is 0.565. The van der Waals surface area contributed by atoms with Crippen LogP contribution in [-0.4, -0.2) is 4.83 Å². The monoisotopic (exact) mass is 284 g/mol. The van der Waals surface area contributed by atoms with E-state index in [4.69, 9.17) is 0 Å². The summed E-state index contributed by atoms with van der Waals surface area (Å²) in [5.41, 5.74) is -0.600. The smallest absolute Gasteiger partial charge is 0.207 e. The van der Waals surface area contributed by atoms with Gasteiger partial charge in [-0.15, -0.1) is 0 Å². The average molecular weight is 285 g/mol. The summed E-state index contributed by atoms with van der Waals surface area (Å²) >= 11 is 3.21. The first-order chi connectivity index (χ1) is 6.79. The van der Waals surface area contributed by atoms with Gasteiger partial charge < -0.3 is 0 Å². The van der Waals surface area contributed by atoms with Gasteiger partial charge in [-0.05, 0) is 30.2 Å². The van der Waals surface area contributed by atoms with Crippen molar-refractivity contribution in [3.05, 3.63) is 35.1 Å². The lowest BCUT2D eigenvalue weighted by Crippen LogP contribution is -2.07. The first-order valence-corrected chi connectivity index (χ1v) is 5.21. The lowest BCUT2D eigenvalue weighted by atomic mass is 10.1. The third-order valence-electron chi connectivity index (χ3n) is 1.80. The number of benzene rings is 1. The van der Waals surface area contributed by atoms with Crippen molar-refractivity contribution < 1.29 is 17.6 Å². The van der Waals surface area contributed by atoms with Gasteiger partial charge in [-0.2, -0.15) is 13.2 Å². The standard InChI is InChI=1S/C10H9BrF4/c1-6(11)2-7-3-8(10(13,14)15)5-9(12)4-7/h3-6H,2H2,1H3. The van der Waals surface area contributed by atoms with Crippen LogP contribution >= 0.6 is 15.9 Å². The summed E-state index contributed by atoms with van der Waals surface area (Å²) in [7, 11) is 0. The van der Waals surface area contributed by atoms with Crippen molar-refractivity contribution in [1.82, 2.24) is 0 Å². The van der Waals surface area contributed by atoms with E-state index in [-0.39, 0.29) is 4.83 Å². The Labute approximate surface area is 93.4 Å².